The molecule has 30 heavy (non-hydrogen) atoms. The molecule has 2 aromatic carbocycles. The van der Waals surface area contributed by atoms with Crippen molar-refractivity contribution in [3.8, 4) is 11.7 Å². The number of hydrogen-bond acceptors (Lipinski definition) is 6. The predicted octanol–water partition coefficient (Wildman–Crippen LogP) is 4.06. The fourth-order valence-corrected chi connectivity index (χ4v) is 3.22. The van der Waals surface area contributed by atoms with Crippen molar-refractivity contribution in [2.24, 2.45) is 4.99 Å². The normalized spacial score (nSPS) is 11.2. The molecule has 0 unspecified atom stereocenters. The van der Waals surface area contributed by atoms with Gasteiger partial charge in [0, 0.05) is 35.3 Å². The molecule has 1 N–H and O–H groups in total. The Bertz CT molecular complexity index is 1360. The van der Waals surface area contributed by atoms with Gasteiger partial charge >= 0.3 is 0 Å². The number of aromatic hydroxyl groups is 1. The van der Waals surface area contributed by atoms with Gasteiger partial charge in [-0.1, -0.05) is 24.3 Å². The Labute approximate surface area is 170 Å². The number of aliphatic imine (C=N–C) groups is 1. The Morgan fingerprint density at radius 1 is 1.10 bits per heavy atom. The number of benzene rings is 2. The van der Waals surface area contributed by atoms with Crippen LogP contribution in [0.5, 0.6) is 5.88 Å². The van der Waals surface area contributed by atoms with Crippen LogP contribution in [0.15, 0.2) is 76.6 Å². The van der Waals surface area contributed by atoms with Gasteiger partial charge in [0.05, 0.1) is 16.2 Å². The molecule has 0 fully saturated rings. The minimum Gasteiger partial charge on any atom is -0.494 e. The van der Waals surface area contributed by atoms with Crippen molar-refractivity contribution >= 4 is 28.4 Å². The molecular formula is C22H16N4O4. The Balaban J connectivity index is 1.92. The number of aromatic nitrogens is 2. The summed E-state index contributed by atoms with van der Waals surface area (Å²) in [5.41, 5.74) is 1.05. The topological polar surface area (TPSA) is 111 Å². The van der Waals surface area contributed by atoms with Crippen molar-refractivity contribution in [2.45, 2.75) is 6.92 Å². The van der Waals surface area contributed by atoms with Crippen LogP contribution in [0.3, 0.4) is 0 Å². The van der Waals surface area contributed by atoms with Crippen LogP contribution in [-0.2, 0) is 0 Å². The fourth-order valence-electron chi connectivity index (χ4n) is 3.22. The van der Waals surface area contributed by atoms with Crippen LogP contribution in [0, 0.1) is 17.0 Å². The molecule has 0 aliphatic rings. The van der Waals surface area contributed by atoms with Gasteiger partial charge in [0.1, 0.15) is 5.82 Å². The monoisotopic (exact) mass is 400 g/mol. The van der Waals surface area contributed by atoms with E-state index in [0.717, 1.165) is 4.57 Å². The van der Waals surface area contributed by atoms with E-state index in [1.807, 2.05) is 0 Å². The van der Waals surface area contributed by atoms with Gasteiger partial charge < -0.3 is 5.11 Å². The average Bonchev–Trinajstić information content (AvgIpc) is 2.75. The van der Waals surface area contributed by atoms with Gasteiger partial charge in [-0.25, -0.2) is 9.55 Å². The molecule has 0 saturated carbocycles. The molecule has 2 heterocycles. The van der Waals surface area contributed by atoms with Crippen LogP contribution in [0.2, 0.25) is 0 Å². The molecular weight excluding hydrogens is 384 g/mol. The van der Waals surface area contributed by atoms with Crippen molar-refractivity contribution in [2.75, 3.05) is 0 Å². The zero-order valence-corrected chi connectivity index (χ0v) is 15.9. The first kappa shape index (κ1) is 19.0. The number of fused-ring (bicyclic) bond motifs is 1. The molecule has 0 aliphatic heterocycles. The summed E-state index contributed by atoms with van der Waals surface area (Å²) in [6, 6.07) is 16.3. The standard InChI is InChI=1S/C22H16N4O4/c1-14-12-15(26(29)30)9-10-19(14)24-13-18-16-6-2-3-7-17(16)21(27)25(22(18)28)20-8-4-5-11-23-20/h2-13,28H,1H3. The Morgan fingerprint density at radius 2 is 1.83 bits per heavy atom. The minimum atomic E-state index is -0.470. The molecule has 8 nitrogen and oxygen atoms in total. The van der Waals surface area contributed by atoms with Crippen molar-refractivity contribution in [3.05, 3.63) is 98.5 Å². The third-order valence-corrected chi connectivity index (χ3v) is 4.71. The second-order valence-electron chi connectivity index (χ2n) is 6.60. The smallest absolute Gasteiger partial charge is 0.269 e. The maximum atomic E-state index is 13.0. The van der Waals surface area contributed by atoms with Gasteiger partial charge in [-0.3, -0.25) is 19.9 Å². The first-order chi connectivity index (χ1) is 14.5. The lowest BCUT2D eigenvalue weighted by Gasteiger charge is -2.12. The molecule has 0 amide bonds. The van der Waals surface area contributed by atoms with Crippen LogP contribution in [0.25, 0.3) is 16.6 Å². The first-order valence-electron chi connectivity index (χ1n) is 9.04. The van der Waals surface area contributed by atoms with E-state index in [1.165, 1.54) is 30.6 Å². The third kappa shape index (κ3) is 3.30. The maximum absolute atomic E-state index is 13.0. The molecule has 0 spiro atoms. The van der Waals surface area contributed by atoms with Gasteiger partial charge in [0.25, 0.3) is 11.2 Å². The number of nitro groups is 1. The minimum absolute atomic E-state index is 0.0246. The Kier molecular flexibility index (Phi) is 4.81. The predicted molar refractivity (Wildman–Crippen MR) is 114 cm³/mol. The zero-order chi connectivity index (χ0) is 21.3. The molecule has 148 valence electrons. The van der Waals surface area contributed by atoms with Crippen LogP contribution >= 0.6 is 0 Å². The average molecular weight is 400 g/mol. The first-order valence-corrected chi connectivity index (χ1v) is 9.04. The van der Waals surface area contributed by atoms with Crippen molar-refractivity contribution in [3.63, 3.8) is 0 Å². The summed E-state index contributed by atoms with van der Waals surface area (Å²) in [6.45, 7) is 1.71. The van der Waals surface area contributed by atoms with Gasteiger partial charge in [0.15, 0.2) is 0 Å². The number of non-ortho nitro benzene ring substituents is 1. The lowest BCUT2D eigenvalue weighted by Crippen LogP contribution is -2.20. The van der Waals surface area contributed by atoms with Crippen LogP contribution in [-0.4, -0.2) is 25.8 Å². The summed E-state index contributed by atoms with van der Waals surface area (Å²) < 4.78 is 1.13. The third-order valence-electron chi connectivity index (χ3n) is 4.71. The second kappa shape index (κ2) is 7.59. The van der Waals surface area contributed by atoms with E-state index in [0.29, 0.717) is 27.6 Å². The molecule has 0 radical (unpaired) electrons. The maximum Gasteiger partial charge on any atom is 0.269 e. The summed E-state index contributed by atoms with van der Waals surface area (Å²) in [6.07, 6.45) is 2.98. The highest BCUT2D eigenvalue weighted by Crippen LogP contribution is 2.27. The highest BCUT2D eigenvalue weighted by molar-refractivity contribution is 6.02. The lowest BCUT2D eigenvalue weighted by atomic mass is 10.1. The SMILES string of the molecule is Cc1cc([N+](=O)[O-])ccc1N=Cc1c(O)n(-c2ccccn2)c(=O)c2ccccc12. The second-order valence-corrected chi connectivity index (χ2v) is 6.60. The molecule has 4 rings (SSSR count). The van der Waals surface area contributed by atoms with E-state index in [9.17, 15) is 20.0 Å². The number of aryl methyl sites for hydroxylation is 1. The van der Waals surface area contributed by atoms with Crippen molar-refractivity contribution in [1.82, 2.24) is 9.55 Å². The van der Waals surface area contributed by atoms with Gasteiger partial charge in [-0.05, 0) is 36.8 Å². The molecule has 0 saturated heterocycles. The van der Waals surface area contributed by atoms with Crippen LogP contribution in [0.4, 0.5) is 11.4 Å². The number of rotatable bonds is 4. The van der Waals surface area contributed by atoms with E-state index in [2.05, 4.69) is 9.98 Å². The van der Waals surface area contributed by atoms with E-state index >= 15 is 0 Å². The molecule has 4 aromatic rings. The van der Waals surface area contributed by atoms with Crippen molar-refractivity contribution in [1.29, 1.82) is 0 Å². The summed E-state index contributed by atoms with van der Waals surface area (Å²) in [4.78, 5) is 32.0. The van der Waals surface area contributed by atoms with E-state index in [-0.39, 0.29) is 17.4 Å². The van der Waals surface area contributed by atoms with Crippen molar-refractivity contribution < 1.29 is 10.0 Å². The van der Waals surface area contributed by atoms with Crippen LogP contribution in [0.1, 0.15) is 11.1 Å². The molecule has 2 aromatic heterocycles. The summed E-state index contributed by atoms with van der Waals surface area (Å²) in [5, 5.41) is 22.8. The highest BCUT2D eigenvalue weighted by atomic mass is 16.6. The summed E-state index contributed by atoms with van der Waals surface area (Å²) in [7, 11) is 0. The number of nitrogens with zero attached hydrogens (tertiary/aromatic N) is 4. The van der Waals surface area contributed by atoms with E-state index in [4.69, 9.17) is 0 Å². The molecule has 8 heteroatoms. The Hall–Kier alpha value is -4.33. The van der Waals surface area contributed by atoms with E-state index < -0.39 is 10.5 Å². The summed E-state index contributed by atoms with van der Waals surface area (Å²) in [5.74, 6) is -0.00682. The Morgan fingerprint density at radius 3 is 2.50 bits per heavy atom. The van der Waals surface area contributed by atoms with Gasteiger partial charge in [-0.15, -0.1) is 0 Å². The number of nitro benzene ring substituents is 1. The summed E-state index contributed by atoms with van der Waals surface area (Å²) >= 11 is 0. The molecule has 0 aliphatic carbocycles. The quantitative estimate of drug-likeness (QED) is 0.315. The van der Waals surface area contributed by atoms with Gasteiger partial charge in [0.2, 0.25) is 5.88 Å². The molecule has 0 atom stereocenters. The number of pyridine rings is 2. The van der Waals surface area contributed by atoms with Gasteiger partial charge in [-0.2, -0.15) is 0 Å². The highest BCUT2D eigenvalue weighted by Gasteiger charge is 2.17. The largest absolute Gasteiger partial charge is 0.494 e. The number of hydrogen-bond donors (Lipinski definition) is 1. The zero-order valence-electron chi connectivity index (χ0n) is 15.9. The van der Waals surface area contributed by atoms with E-state index in [1.54, 1.807) is 49.4 Å². The van der Waals surface area contributed by atoms with Crippen LogP contribution < -0.4 is 5.56 Å². The molecule has 0 bridgehead atoms. The fraction of sp³-hybridized carbons (Fsp3) is 0.0455. The lowest BCUT2D eigenvalue weighted by molar-refractivity contribution is -0.384.